The molecule has 0 bridgehead atoms. The molecular formula is C11H18BrN3O2. The number of rotatable bonds is 6. The van der Waals surface area contributed by atoms with E-state index < -0.39 is 0 Å². The van der Waals surface area contributed by atoms with Gasteiger partial charge in [-0.15, -0.1) is 0 Å². The van der Waals surface area contributed by atoms with Gasteiger partial charge < -0.3 is 10.4 Å². The predicted molar refractivity (Wildman–Crippen MR) is 68.7 cm³/mol. The molecule has 2 N–H and O–H groups in total. The van der Waals surface area contributed by atoms with Crippen LogP contribution < -0.4 is 5.32 Å². The minimum absolute atomic E-state index is 0.0119. The molecular weight excluding hydrogens is 286 g/mol. The van der Waals surface area contributed by atoms with Gasteiger partial charge in [-0.2, -0.15) is 5.10 Å². The first-order valence-electron chi connectivity index (χ1n) is 5.63. The highest BCUT2D eigenvalue weighted by molar-refractivity contribution is 9.10. The summed E-state index contributed by atoms with van der Waals surface area (Å²) < 4.78 is 2.82. The average molecular weight is 304 g/mol. The number of carbonyl (C=O) groups excluding carboxylic acids is 1. The molecule has 1 rings (SSSR count). The van der Waals surface area contributed by atoms with Gasteiger partial charge in [0.15, 0.2) is 0 Å². The Hall–Kier alpha value is -0.880. The Morgan fingerprint density at radius 2 is 2.24 bits per heavy atom. The summed E-state index contributed by atoms with van der Waals surface area (Å²) in [6, 6.07) is 0. The van der Waals surface area contributed by atoms with Crippen molar-refractivity contribution in [3.63, 3.8) is 0 Å². The van der Waals surface area contributed by atoms with E-state index in [1.165, 1.54) is 0 Å². The maximum atomic E-state index is 11.4. The van der Waals surface area contributed by atoms with E-state index in [2.05, 4.69) is 26.3 Å². The molecule has 1 aromatic heterocycles. The number of hydrogen-bond acceptors (Lipinski definition) is 3. The lowest BCUT2D eigenvalue weighted by Gasteiger charge is -2.05. The smallest absolute Gasteiger partial charge is 0.221 e. The average Bonchev–Trinajstić information content (AvgIpc) is 2.54. The molecule has 1 aromatic rings. The van der Waals surface area contributed by atoms with E-state index in [0.29, 0.717) is 25.9 Å². The molecule has 6 heteroatoms. The first kappa shape index (κ1) is 14.2. The molecule has 1 heterocycles. The SMILES string of the molecule is Cc1nn(CCC(=O)NCCCO)c(C)c1Br. The van der Waals surface area contributed by atoms with E-state index in [9.17, 15) is 4.79 Å². The number of nitrogens with one attached hydrogen (secondary N) is 1. The molecule has 0 atom stereocenters. The molecule has 0 unspecified atom stereocenters. The summed E-state index contributed by atoms with van der Waals surface area (Å²) in [7, 11) is 0. The summed E-state index contributed by atoms with van der Waals surface area (Å²) in [4.78, 5) is 11.4. The van der Waals surface area contributed by atoms with Crippen molar-refractivity contribution in [2.45, 2.75) is 33.2 Å². The lowest BCUT2D eigenvalue weighted by Crippen LogP contribution is -2.26. The summed E-state index contributed by atoms with van der Waals surface area (Å²) in [5.41, 5.74) is 1.97. The molecule has 0 saturated carbocycles. The quantitative estimate of drug-likeness (QED) is 0.775. The number of nitrogens with zero attached hydrogens (tertiary/aromatic N) is 2. The first-order valence-corrected chi connectivity index (χ1v) is 6.42. The fourth-order valence-electron chi connectivity index (χ4n) is 1.50. The second-order valence-electron chi connectivity index (χ2n) is 3.89. The van der Waals surface area contributed by atoms with Crippen LogP contribution in [0.4, 0.5) is 0 Å². The summed E-state index contributed by atoms with van der Waals surface area (Å²) in [5, 5.41) is 15.7. The van der Waals surface area contributed by atoms with E-state index in [1.54, 1.807) is 0 Å². The molecule has 17 heavy (non-hydrogen) atoms. The number of aryl methyl sites for hydroxylation is 2. The zero-order valence-corrected chi connectivity index (χ0v) is 11.7. The van der Waals surface area contributed by atoms with Gasteiger partial charge >= 0.3 is 0 Å². The summed E-state index contributed by atoms with van der Waals surface area (Å²) in [6.07, 6.45) is 0.997. The highest BCUT2D eigenvalue weighted by atomic mass is 79.9. The van der Waals surface area contributed by atoms with Crippen molar-refractivity contribution < 1.29 is 9.90 Å². The van der Waals surface area contributed by atoms with Crippen molar-refractivity contribution >= 4 is 21.8 Å². The number of hydrogen-bond donors (Lipinski definition) is 2. The van der Waals surface area contributed by atoms with E-state index in [-0.39, 0.29) is 12.5 Å². The van der Waals surface area contributed by atoms with Crippen molar-refractivity contribution in [1.29, 1.82) is 0 Å². The van der Waals surface area contributed by atoms with Gasteiger partial charge in [0.05, 0.1) is 16.7 Å². The maximum Gasteiger partial charge on any atom is 0.221 e. The topological polar surface area (TPSA) is 67.2 Å². The largest absolute Gasteiger partial charge is 0.396 e. The summed E-state index contributed by atoms with van der Waals surface area (Å²) >= 11 is 3.45. The van der Waals surface area contributed by atoms with Crippen LogP contribution in [-0.2, 0) is 11.3 Å². The monoisotopic (exact) mass is 303 g/mol. The third-order valence-electron chi connectivity index (χ3n) is 2.50. The number of amides is 1. The summed E-state index contributed by atoms with van der Waals surface area (Å²) in [6.45, 7) is 5.09. The van der Waals surface area contributed by atoms with E-state index in [1.807, 2.05) is 18.5 Å². The number of aliphatic hydroxyl groups excluding tert-OH is 1. The van der Waals surface area contributed by atoms with Crippen LogP contribution >= 0.6 is 15.9 Å². The van der Waals surface area contributed by atoms with Gasteiger partial charge in [-0.05, 0) is 36.2 Å². The molecule has 0 radical (unpaired) electrons. The van der Waals surface area contributed by atoms with Crippen LogP contribution in [0.5, 0.6) is 0 Å². The van der Waals surface area contributed by atoms with Gasteiger partial charge in [-0.3, -0.25) is 9.48 Å². The fraction of sp³-hybridized carbons (Fsp3) is 0.636. The van der Waals surface area contributed by atoms with Crippen LogP contribution in [0.15, 0.2) is 4.47 Å². The molecule has 0 saturated heterocycles. The first-order chi connectivity index (χ1) is 8.06. The molecule has 0 spiro atoms. The summed E-state index contributed by atoms with van der Waals surface area (Å²) in [5.74, 6) is -0.0119. The minimum Gasteiger partial charge on any atom is -0.396 e. The Kier molecular flexibility index (Phi) is 5.64. The van der Waals surface area contributed by atoms with Crippen LogP contribution in [0, 0.1) is 13.8 Å². The third-order valence-corrected chi connectivity index (χ3v) is 3.65. The predicted octanol–water partition coefficient (Wildman–Crippen LogP) is 1.15. The second-order valence-corrected chi connectivity index (χ2v) is 4.68. The Balaban J connectivity index is 2.39. The van der Waals surface area contributed by atoms with E-state index in [0.717, 1.165) is 15.9 Å². The van der Waals surface area contributed by atoms with Gasteiger partial charge in [-0.1, -0.05) is 0 Å². The molecule has 0 fully saturated rings. The fourth-order valence-corrected chi connectivity index (χ4v) is 1.78. The van der Waals surface area contributed by atoms with Crippen molar-refractivity contribution in [1.82, 2.24) is 15.1 Å². The highest BCUT2D eigenvalue weighted by Crippen LogP contribution is 2.19. The van der Waals surface area contributed by atoms with Crippen LogP contribution in [-0.4, -0.2) is 33.9 Å². The molecule has 0 aliphatic rings. The van der Waals surface area contributed by atoms with Crippen LogP contribution in [0.1, 0.15) is 24.2 Å². The second kappa shape index (κ2) is 6.76. The lowest BCUT2D eigenvalue weighted by molar-refractivity contribution is -0.121. The number of carbonyl (C=O) groups is 1. The highest BCUT2D eigenvalue weighted by Gasteiger charge is 2.09. The third kappa shape index (κ3) is 4.12. The van der Waals surface area contributed by atoms with Crippen LogP contribution in [0.2, 0.25) is 0 Å². The molecule has 0 aromatic carbocycles. The number of halogens is 1. The number of aliphatic hydroxyl groups is 1. The van der Waals surface area contributed by atoms with Gasteiger partial charge in [0, 0.05) is 25.3 Å². The van der Waals surface area contributed by atoms with Gasteiger partial charge in [0.2, 0.25) is 5.91 Å². The lowest BCUT2D eigenvalue weighted by atomic mass is 10.3. The Labute approximate surface area is 109 Å². The van der Waals surface area contributed by atoms with Crippen molar-refractivity contribution in [3.05, 3.63) is 15.9 Å². The molecule has 5 nitrogen and oxygen atoms in total. The maximum absolute atomic E-state index is 11.4. The molecule has 0 aliphatic carbocycles. The van der Waals surface area contributed by atoms with Gasteiger partial charge in [0.25, 0.3) is 0 Å². The minimum atomic E-state index is -0.0119. The Morgan fingerprint density at radius 1 is 1.53 bits per heavy atom. The van der Waals surface area contributed by atoms with E-state index in [4.69, 9.17) is 5.11 Å². The zero-order chi connectivity index (χ0) is 12.8. The Morgan fingerprint density at radius 3 is 2.76 bits per heavy atom. The normalized spacial score (nSPS) is 10.6. The standard InChI is InChI=1S/C11H18BrN3O2/c1-8-11(12)9(2)15(14-8)6-4-10(17)13-5-3-7-16/h16H,3-7H2,1-2H3,(H,13,17). The zero-order valence-electron chi connectivity index (χ0n) is 10.2. The van der Waals surface area contributed by atoms with Gasteiger partial charge in [-0.25, -0.2) is 0 Å². The molecule has 1 amide bonds. The molecule has 0 aliphatic heterocycles. The van der Waals surface area contributed by atoms with Crippen LogP contribution in [0.25, 0.3) is 0 Å². The van der Waals surface area contributed by atoms with E-state index >= 15 is 0 Å². The van der Waals surface area contributed by atoms with Crippen molar-refractivity contribution in [3.8, 4) is 0 Å². The van der Waals surface area contributed by atoms with Gasteiger partial charge in [0.1, 0.15) is 0 Å². The molecule has 96 valence electrons. The van der Waals surface area contributed by atoms with Crippen molar-refractivity contribution in [2.24, 2.45) is 0 Å². The Bertz CT molecular complexity index is 390. The van der Waals surface area contributed by atoms with Crippen LogP contribution in [0.3, 0.4) is 0 Å². The number of aromatic nitrogens is 2. The van der Waals surface area contributed by atoms with Crippen molar-refractivity contribution in [2.75, 3.05) is 13.2 Å².